The number of ether oxygens (including phenoxy) is 1. The molecule has 0 radical (unpaired) electrons. The van der Waals surface area contributed by atoms with Gasteiger partial charge in [-0.1, -0.05) is 13.0 Å². The van der Waals surface area contributed by atoms with Crippen LogP contribution in [0.5, 0.6) is 5.88 Å². The van der Waals surface area contributed by atoms with E-state index in [4.69, 9.17) is 4.74 Å². The molecule has 0 atom stereocenters. The Labute approximate surface area is 126 Å². The maximum atomic E-state index is 5.72. The van der Waals surface area contributed by atoms with Gasteiger partial charge in [0.1, 0.15) is 5.82 Å². The zero-order chi connectivity index (χ0) is 15.1. The van der Waals surface area contributed by atoms with E-state index in [-0.39, 0.29) is 6.10 Å². The van der Waals surface area contributed by atoms with Crippen molar-refractivity contribution in [1.29, 1.82) is 0 Å². The minimum atomic E-state index is 0.127. The number of rotatable bonds is 8. The third-order valence-electron chi connectivity index (χ3n) is 3.06. The van der Waals surface area contributed by atoms with Gasteiger partial charge in [-0.05, 0) is 26.3 Å². The van der Waals surface area contributed by atoms with Crippen LogP contribution in [-0.4, -0.2) is 20.6 Å². The Balaban J connectivity index is 1.92. The van der Waals surface area contributed by atoms with Crippen LogP contribution in [0.4, 0.5) is 0 Å². The molecule has 5 nitrogen and oxygen atoms in total. The third kappa shape index (κ3) is 4.56. The van der Waals surface area contributed by atoms with E-state index in [0.29, 0.717) is 5.88 Å². The fourth-order valence-corrected chi connectivity index (χ4v) is 2.15. The lowest BCUT2D eigenvalue weighted by Crippen LogP contribution is -2.18. The molecule has 0 saturated carbocycles. The fraction of sp³-hybridized carbons (Fsp3) is 0.500. The van der Waals surface area contributed by atoms with Crippen LogP contribution in [-0.2, 0) is 19.6 Å². The summed E-state index contributed by atoms with van der Waals surface area (Å²) in [6.07, 6.45) is 6.87. The monoisotopic (exact) mass is 288 g/mol. The number of pyridine rings is 1. The number of nitrogens with one attached hydrogen (secondary N) is 1. The third-order valence-corrected chi connectivity index (χ3v) is 3.06. The van der Waals surface area contributed by atoms with Crippen LogP contribution in [0.2, 0.25) is 0 Å². The Kier molecular flexibility index (Phi) is 5.75. The molecule has 0 aromatic carbocycles. The van der Waals surface area contributed by atoms with Crippen molar-refractivity contribution < 1.29 is 4.74 Å². The summed E-state index contributed by atoms with van der Waals surface area (Å²) in [5.74, 6) is 1.77. The van der Waals surface area contributed by atoms with Crippen LogP contribution in [0.3, 0.4) is 0 Å². The molecule has 0 bridgehead atoms. The summed E-state index contributed by atoms with van der Waals surface area (Å²) >= 11 is 0. The Morgan fingerprint density at radius 3 is 2.86 bits per heavy atom. The minimum Gasteiger partial charge on any atom is -0.475 e. The average Bonchev–Trinajstić information content (AvgIpc) is 2.88. The standard InChI is InChI=1S/C16H24N4O/c1-4-9-20-10-8-18-15(20)12-17-11-14-6-5-7-19-16(14)21-13(2)3/h5-8,10,13,17H,4,9,11-12H2,1-3H3. The van der Waals surface area contributed by atoms with E-state index in [2.05, 4.69) is 26.8 Å². The van der Waals surface area contributed by atoms with Crippen LogP contribution >= 0.6 is 0 Å². The molecule has 0 aliphatic carbocycles. The number of aryl methyl sites for hydroxylation is 1. The molecular formula is C16H24N4O. The second-order valence-electron chi connectivity index (χ2n) is 5.27. The van der Waals surface area contributed by atoms with Gasteiger partial charge in [0.25, 0.3) is 0 Å². The van der Waals surface area contributed by atoms with E-state index in [1.165, 1.54) is 0 Å². The molecule has 0 fully saturated rings. The summed E-state index contributed by atoms with van der Waals surface area (Å²) in [6.45, 7) is 8.65. The van der Waals surface area contributed by atoms with Gasteiger partial charge in [0, 0.05) is 37.2 Å². The van der Waals surface area contributed by atoms with Crippen molar-refractivity contribution in [3.05, 3.63) is 42.1 Å². The van der Waals surface area contributed by atoms with Crippen LogP contribution in [0, 0.1) is 0 Å². The summed E-state index contributed by atoms with van der Waals surface area (Å²) < 4.78 is 7.91. The first-order chi connectivity index (χ1) is 10.2. The summed E-state index contributed by atoms with van der Waals surface area (Å²) in [7, 11) is 0. The van der Waals surface area contributed by atoms with Crippen LogP contribution in [0.1, 0.15) is 38.6 Å². The molecule has 2 aromatic rings. The van der Waals surface area contributed by atoms with E-state index in [9.17, 15) is 0 Å². The molecule has 21 heavy (non-hydrogen) atoms. The van der Waals surface area contributed by atoms with Gasteiger partial charge >= 0.3 is 0 Å². The van der Waals surface area contributed by atoms with Gasteiger partial charge in [0.15, 0.2) is 0 Å². The molecule has 114 valence electrons. The van der Waals surface area contributed by atoms with E-state index in [1.807, 2.05) is 38.4 Å². The van der Waals surface area contributed by atoms with Crippen LogP contribution in [0.15, 0.2) is 30.7 Å². The van der Waals surface area contributed by atoms with E-state index in [1.54, 1.807) is 6.20 Å². The molecule has 0 aliphatic rings. The Morgan fingerprint density at radius 2 is 2.10 bits per heavy atom. The van der Waals surface area contributed by atoms with Crippen molar-refractivity contribution in [2.24, 2.45) is 0 Å². The highest BCUT2D eigenvalue weighted by Crippen LogP contribution is 2.15. The number of nitrogens with zero attached hydrogens (tertiary/aromatic N) is 3. The number of hydrogen-bond acceptors (Lipinski definition) is 4. The molecular weight excluding hydrogens is 264 g/mol. The first-order valence-electron chi connectivity index (χ1n) is 7.52. The highest BCUT2D eigenvalue weighted by atomic mass is 16.5. The van der Waals surface area contributed by atoms with Gasteiger partial charge in [-0.3, -0.25) is 0 Å². The van der Waals surface area contributed by atoms with Crippen LogP contribution < -0.4 is 10.1 Å². The summed E-state index contributed by atoms with van der Waals surface area (Å²) in [5, 5.41) is 3.41. The molecule has 5 heteroatoms. The number of hydrogen-bond donors (Lipinski definition) is 1. The van der Waals surface area contributed by atoms with Crippen molar-refractivity contribution in [1.82, 2.24) is 19.9 Å². The first-order valence-corrected chi connectivity index (χ1v) is 7.52. The van der Waals surface area contributed by atoms with E-state index in [0.717, 1.165) is 37.4 Å². The lowest BCUT2D eigenvalue weighted by Gasteiger charge is -2.13. The largest absolute Gasteiger partial charge is 0.475 e. The van der Waals surface area contributed by atoms with Crippen molar-refractivity contribution in [3.8, 4) is 5.88 Å². The second-order valence-corrected chi connectivity index (χ2v) is 5.27. The van der Waals surface area contributed by atoms with Crippen LogP contribution in [0.25, 0.3) is 0 Å². The van der Waals surface area contributed by atoms with E-state index >= 15 is 0 Å². The van der Waals surface area contributed by atoms with Gasteiger partial charge in [-0.25, -0.2) is 9.97 Å². The Hall–Kier alpha value is -1.88. The minimum absolute atomic E-state index is 0.127. The molecule has 0 unspecified atom stereocenters. The zero-order valence-electron chi connectivity index (χ0n) is 13.0. The quantitative estimate of drug-likeness (QED) is 0.811. The average molecular weight is 288 g/mol. The molecule has 2 heterocycles. The molecule has 1 N–H and O–H groups in total. The number of imidazole rings is 1. The number of aromatic nitrogens is 3. The van der Waals surface area contributed by atoms with Gasteiger partial charge in [-0.15, -0.1) is 0 Å². The predicted octanol–water partition coefficient (Wildman–Crippen LogP) is 2.77. The fourth-order valence-electron chi connectivity index (χ4n) is 2.15. The lowest BCUT2D eigenvalue weighted by molar-refractivity contribution is 0.229. The molecule has 2 aromatic heterocycles. The molecule has 0 amide bonds. The molecule has 2 rings (SSSR count). The van der Waals surface area contributed by atoms with Crippen molar-refractivity contribution in [2.45, 2.75) is 52.9 Å². The lowest BCUT2D eigenvalue weighted by atomic mass is 10.2. The molecule has 0 saturated heterocycles. The van der Waals surface area contributed by atoms with Crippen molar-refractivity contribution >= 4 is 0 Å². The summed E-state index contributed by atoms with van der Waals surface area (Å²) in [5.41, 5.74) is 1.07. The van der Waals surface area contributed by atoms with Gasteiger partial charge in [0.2, 0.25) is 5.88 Å². The maximum absolute atomic E-state index is 5.72. The van der Waals surface area contributed by atoms with Gasteiger partial charge in [-0.2, -0.15) is 0 Å². The topological polar surface area (TPSA) is 52.0 Å². The van der Waals surface area contributed by atoms with E-state index < -0.39 is 0 Å². The highest BCUT2D eigenvalue weighted by Gasteiger charge is 2.07. The second kappa shape index (κ2) is 7.78. The van der Waals surface area contributed by atoms with Gasteiger partial charge < -0.3 is 14.6 Å². The summed E-state index contributed by atoms with van der Waals surface area (Å²) in [4.78, 5) is 8.69. The highest BCUT2D eigenvalue weighted by molar-refractivity contribution is 5.25. The van der Waals surface area contributed by atoms with Gasteiger partial charge in [0.05, 0.1) is 12.6 Å². The Bertz CT molecular complexity index is 551. The normalized spacial score (nSPS) is 11.0. The smallest absolute Gasteiger partial charge is 0.218 e. The van der Waals surface area contributed by atoms with Crippen molar-refractivity contribution in [3.63, 3.8) is 0 Å². The van der Waals surface area contributed by atoms with Crippen molar-refractivity contribution in [2.75, 3.05) is 0 Å². The summed E-state index contributed by atoms with van der Waals surface area (Å²) in [6, 6.07) is 3.97. The molecule has 0 spiro atoms. The Morgan fingerprint density at radius 1 is 1.24 bits per heavy atom. The SMILES string of the molecule is CCCn1ccnc1CNCc1cccnc1OC(C)C. The first kappa shape index (κ1) is 15.5. The predicted molar refractivity (Wildman–Crippen MR) is 83.1 cm³/mol. The zero-order valence-corrected chi connectivity index (χ0v) is 13.0. The maximum Gasteiger partial charge on any atom is 0.218 e. The molecule has 0 aliphatic heterocycles.